The average Bonchev–Trinajstić information content (AvgIpc) is 2.94. The smallest absolute Gasteiger partial charge is 0.201 e. The molecule has 0 heterocycles. The van der Waals surface area contributed by atoms with Crippen LogP contribution >= 0.6 is 0 Å². The van der Waals surface area contributed by atoms with Gasteiger partial charge >= 0.3 is 0 Å². The second kappa shape index (κ2) is 13.6. The number of hydrogen-bond acceptors (Lipinski definition) is 1. The number of ether oxygens (including phenoxy) is 1. The van der Waals surface area contributed by atoms with E-state index in [9.17, 15) is 8.78 Å². The first kappa shape index (κ1) is 27.1. The molecule has 1 aliphatic carbocycles. The van der Waals surface area contributed by atoms with Gasteiger partial charge in [0.1, 0.15) is 0 Å². The molecule has 0 aromatic heterocycles. The maximum Gasteiger partial charge on any atom is 0.201 e. The molecular weight excluding hydrogens is 462 g/mol. The van der Waals surface area contributed by atoms with Crippen molar-refractivity contribution < 1.29 is 13.5 Å². The van der Waals surface area contributed by atoms with E-state index in [1.54, 1.807) is 13.0 Å². The van der Waals surface area contributed by atoms with E-state index >= 15 is 0 Å². The Bertz CT molecular complexity index is 1140. The largest absolute Gasteiger partial charge is 0.491 e. The van der Waals surface area contributed by atoms with E-state index in [2.05, 4.69) is 43.3 Å². The van der Waals surface area contributed by atoms with Crippen LogP contribution in [0.4, 0.5) is 8.78 Å². The molecule has 1 nitrogen and oxygen atoms in total. The van der Waals surface area contributed by atoms with Crippen LogP contribution in [0, 0.1) is 17.6 Å². The molecule has 0 atom stereocenters. The summed E-state index contributed by atoms with van der Waals surface area (Å²) in [6.07, 6.45) is 15.4. The highest BCUT2D eigenvalue weighted by molar-refractivity contribution is 5.65. The van der Waals surface area contributed by atoms with Crippen molar-refractivity contribution in [1.29, 1.82) is 0 Å². The zero-order valence-corrected chi connectivity index (χ0v) is 22.3. The number of aryl methyl sites for hydroxylation is 2. The summed E-state index contributed by atoms with van der Waals surface area (Å²) in [5.74, 6) is -0.447. The number of hydrogen-bond donors (Lipinski definition) is 0. The molecule has 0 radical (unpaired) electrons. The number of allylic oxidation sites excluding steroid dienone is 2. The van der Waals surface area contributed by atoms with Crippen LogP contribution in [-0.2, 0) is 12.8 Å². The molecule has 1 fully saturated rings. The van der Waals surface area contributed by atoms with Gasteiger partial charge in [-0.3, -0.25) is 0 Å². The Balaban J connectivity index is 1.22. The molecule has 0 aliphatic heterocycles. The minimum absolute atomic E-state index is 0.0443. The third-order valence-electron chi connectivity index (χ3n) is 7.66. The fourth-order valence-corrected chi connectivity index (χ4v) is 5.39. The Hall–Kier alpha value is -2.94. The zero-order valence-electron chi connectivity index (χ0n) is 22.3. The van der Waals surface area contributed by atoms with E-state index < -0.39 is 11.6 Å². The molecule has 0 bridgehead atoms. The number of halogens is 2. The summed E-state index contributed by atoms with van der Waals surface area (Å²) >= 11 is 0. The second-order valence-corrected chi connectivity index (χ2v) is 10.3. The van der Waals surface area contributed by atoms with E-state index in [1.807, 2.05) is 24.3 Å². The molecule has 196 valence electrons. The van der Waals surface area contributed by atoms with Gasteiger partial charge in [0.25, 0.3) is 0 Å². The van der Waals surface area contributed by atoms with Gasteiger partial charge in [0.15, 0.2) is 11.6 Å². The summed E-state index contributed by atoms with van der Waals surface area (Å²) < 4.78 is 33.9. The van der Waals surface area contributed by atoms with Crippen molar-refractivity contribution >= 4 is 0 Å². The van der Waals surface area contributed by atoms with Crippen molar-refractivity contribution in [2.45, 2.75) is 77.6 Å². The molecular formula is C34H40F2O. The van der Waals surface area contributed by atoms with Crippen LogP contribution in [0.15, 0.2) is 72.8 Å². The summed E-state index contributed by atoms with van der Waals surface area (Å²) in [6, 6.07) is 20.2. The Kier molecular flexibility index (Phi) is 9.93. The lowest BCUT2D eigenvalue weighted by atomic mass is 9.78. The van der Waals surface area contributed by atoms with Crippen LogP contribution in [0.5, 0.6) is 5.75 Å². The molecule has 0 unspecified atom stereocenters. The van der Waals surface area contributed by atoms with Gasteiger partial charge in [-0.05, 0) is 105 Å². The maximum atomic E-state index is 14.5. The number of unbranched alkanes of at least 4 members (excludes halogenated alkanes) is 1. The molecule has 0 saturated heterocycles. The van der Waals surface area contributed by atoms with Gasteiger partial charge in [-0.2, -0.15) is 4.39 Å². The minimum atomic E-state index is -0.928. The van der Waals surface area contributed by atoms with Gasteiger partial charge < -0.3 is 4.74 Å². The fraction of sp³-hybridized carbons (Fsp3) is 0.412. The third-order valence-corrected chi connectivity index (χ3v) is 7.66. The van der Waals surface area contributed by atoms with Crippen LogP contribution in [0.1, 0.15) is 81.4 Å². The monoisotopic (exact) mass is 502 g/mol. The lowest BCUT2D eigenvalue weighted by Crippen LogP contribution is -2.11. The van der Waals surface area contributed by atoms with Gasteiger partial charge in [0, 0.05) is 5.56 Å². The predicted octanol–water partition coefficient (Wildman–Crippen LogP) is 9.84. The SMILES string of the molecule is CCCCc1ccc(C2CCC(C=CCCc3ccc(-c4ccc(OCC)c(F)c4F)cc3)CC2)cc1. The fourth-order valence-electron chi connectivity index (χ4n) is 5.39. The summed E-state index contributed by atoms with van der Waals surface area (Å²) in [5, 5.41) is 0. The first-order valence-corrected chi connectivity index (χ1v) is 14.0. The Morgan fingerprint density at radius 3 is 2.14 bits per heavy atom. The molecule has 1 aliphatic rings. The van der Waals surface area contributed by atoms with Crippen molar-refractivity contribution in [2.75, 3.05) is 6.61 Å². The van der Waals surface area contributed by atoms with Crippen molar-refractivity contribution in [1.82, 2.24) is 0 Å². The van der Waals surface area contributed by atoms with Crippen molar-refractivity contribution in [2.24, 2.45) is 5.92 Å². The molecule has 0 N–H and O–H groups in total. The number of benzene rings is 3. The molecule has 3 heteroatoms. The van der Waals surface area contributed by atoms with Crippen LogP contribution in [-0.4, -0.2) is 6.61 Å². The van der Waals surface area contributed by atoms with E-state index in [-0.39, 0.29) is 11.3 Å². The van der Waals surface area contributed by atoms with Gasteiger partial charge in [-0.15, -0.1) is 0 Å². The van der Waals surface area contributed by atoms with Crippen molar-refractivity contribution in [3.63, 3.8) is 0 Å². The first-order chi connectivity index (χ1) is 18.1. The molecule has 0 amide bonds. The highest BCUT2D eigenvalue weighted by Crippen LogP contribution is 2.36. The Labute approximate surface area is 221 Å². The van der Waals surface area contributed by atoms with Crippen LogP contribution in [0.3, 0.4) is 0 Å². The van der Waals surface area contributed by atoms with Gasteiger partial charge in [-0.25, -0.2) is 4.39 Å². The summed E-state index contributed by atoms with van der Waals surface area (Å²) in [7, 11) is 0. The van der Waals surface area contributed by atoms with Crippen molar-refractivity contribution in [3.8, 4) is 16.9 Å². The Morgan fingerprint density at radius 2 is 1.46 bits per heavy atom. The molecule has 4 rings (SSSR count). The number of rotatable bonds is 11. The standard InChI is InChI=1S/C34H40F2O/c1-3-5-8-25-11-17-28(18-12-25)29-19-13-26(14-20-29)9-6-7-10-27-15-21-30(22-16-27)31-23-24-32(37-4-2)34(36)33(31)35/h6,9,11-12,15-18,21-24,26,29H,3-5,7-8,10,13-14,19-20H2,1-2H3. The van der Waals surface area contributed by atoms with Gasteiger partial charge in [0.05, 0.1) is 6.61 Å². The summed E-state index contributed by atoms with van der Waals surface area (Å²) in [4.78, 5) is 0. The normalized spacial score (nSPS) is 17.8. The quantitative estimate of drug-likeness (QED) is 0.237. The molecule has 3 aromatic rings. The van der Waals surface area contributed by atoms with Gasteiger partial charge in [-0.1, -0.05) is 74.0 Å². The minimum Gasteiger partial charge on any atom is -0.491 e. The highest BCUT2D eigenvalue weighted by Gasteiger charge is 2.21. The van der Waals surface area contributed by atoms with E-state index in [1.165, 1.54) is 67.7 Å². The topological polar surface area (TPSA) is 9.23 Å². The molecule has 0 spiro atoms. The van der Waals surface area contributed by atoms with E-state index in [4.69, 9.17) is 4.74 Å². The summed E-state index contributed by atoms with van der Waals surface area (Å²) in [6.45, 7) is 4.29. The maximum absolute atomic E-state index is 14.5. The average molecular weight is 503 g/mol. The lowest BCUT2D eigenvalue weighted by Gasteiger charge is -2.27. The molecule has 3 aromatic carbocycles. The summed E-state index contributed by atoms with van der Waals surface area (Å²) in [5.41, 5.74) is 5.11. The van der Waals surface area contributed by atoms with Crippen LogP contribution in [0.2, 0.25) is 0 Å². The lowest BCUT2D eigenvalue weighted by molar-refractivity contribution is 0.314. The van der Waals surface area contributed by atoms with E-state index in [0.29, 0.717) is 24.0 Å². The van der Waals surface area contributed by atoms with Gasteiger partial charge in [0.2, 0.25) is 5.82 Å². The highest BCUT2D eigenvalue weighted by atomic mass is 19.2. The Morgan fingerprint density at radius 1 is 0.784 bits per heavy atom. The molecule has 1 saturated carbocycles. The predicted molar refractivity (Wildman–Crippen MR) is 150 cm³/mol. The zero-order chi connectivity index (χ0) is 26.0. The van der Waals surface area contributed by atoms with Crippen LogP contribution in [0.25, 0.3) is 11.1 Å². The van der Waals surface area contributed by atoms with E-state index in [0.717, 1.165) is 12.8 Å². The molecule has 37 heavy (non-hydrogen) atoms. The first-order valence-electron chi connectivity index (χ1n) is 14.0. The van der Waals surface area contributed by atoms with Crippen molar-refractivity contribution in [3.05, 3.63) is 101 Å². The third kappa shape index (κ3) is 7.31. The second-order valence-electron chi connectivity index (χ2n) is 10.3. The van der Waals surface area contributed by atoms with Crippen LogP contribution < -0.4 is 4.74 Å².